The number of allylic oxidation sites excluding steroid dienone is 1. The van der Waals surface area contributed by atoms with Gasteiger partial charge in [0.25, 0.3) is 0 Å². The predicted molar refractivity (Wildman–Crippen MR) is 98.7 cm³/mol. The van der Waals surface area contributed by atoms with Crippen LogP contribution in [0.5, 0.6) is 5.75 Å². The van der Waals surface area contributed by atoms with Crippen molar-refractivity contribution in [3.05, 3.63) is 41.1 Å². The molecule has 1 aliphatic rings. The summed E-state index contributed by atoms with van der Waals surface area (Å²) in [5, 5.41) is 5.43. The molecule has 2 N–H and O–H groups in total. The van der Waals surface area contributed by atoms with E-state index in [2.05, 4.69) is 10.6 Å². The van der Waals surface area contributed by atoms with Crippen molar-refractivity contribution in [1.29, 1.82) is 0 Å². The Kier molecular flexibility index (Phi) is 7.18. The average Bonchev–Trinajstić information content (AvgIpc) is 2.59. The van der Waals surface area contributed by atoms with Crippen LogP contribution in [-0.4, -0.2) is 37.2 Å². The van der Waals surface area contributed by atoms with Gasteiger partial charge in [0, 0.05) is 11.4 Å². The molecule has 0 aliphatic carbocycles. The van der Waals surface area contributed by atoms with E-state index in [-0.39, 0.29) is 6.03 Å². The Balaban J connectivity index is 2.21. The largest absolute Gasteiger partial charge is 0.494 e. The van der Waals surface area contributed by atoms with Crippen molar-refractivity contribution in [3.8, 4) is 5.75 Å². The number of nitrogens with one attached hydrogen (secondary N) is 2. The molecule has 2 rings (SSSR count). The predicted octanol–water partition coefficient (Wildman–Crippen LogP) is 3.01. The SMILES string of the molecule is CCCOc1ccc([C@H]2NC(=O)NC(C)=C2C(=O)OCCSC)cc1. The molecular weight excluding hydrogens is 340 g/mol. The summed E-state index contributed by atoms with van der Waals surface area (Å²) in [6.45, 7) is 4.73. The summed E-state index contributed by atoms with van der Waals surface area (Å²) in [6.07, 6.45) is 2.88. The van der Waals surface area contributed by atoms with E-state index < -0.39 is 12.0 Å². The Morgan fingerprint density at radius 2 is 1.96 bits per heavy atom. The highest BCUT2D eigenvalue weighted by atomic mass is 32.2. The van der Waals surface area contributed by atoms with Crippen LogP contribution in [0.3, 0.4) is 0 Å². The van der Waals surface area contributed by atoms with Gasteiger partial charge in [-0.25, -0.2) is 9.59 Å². The van der Waals surface area contributed by atoms with Crippen LogP contribution < -0.4 is 15.4 Å². The first-order chi connectivity index (χ1) is 12.1. The molecule has 2 amide bonds. The van der Waals surface area contributed by atoms with Gasteiger partial charge >= 0.3 is 12.0 Å². The minimum Gasteiger partial charge on any atom is -0.494 e. The molecule has 0 saturated carbocycles. The number of carbonyl (C=O) groups excluding carboxylic acids is 2. The van der Waals surface area contributed by atoms with E-state index in [1.54, 1.807) is 18.7 Å². The van der Waals surface area contributed by atoms with E-state index in [1.807, 2.05) is 37.4 Å². The molecule has 25 heavy (non-hydrogen) atoms. The summed E-state index contributed by atoms with van der Waals surface area (Å²) in [5.41, 5.74) is 1.73. The molecule has 1 heterocycles. The Bertz CT molecular complexity index is 643. The number of thioether (sulfide) groups is 1. The zero-order valence-electron chi connectivity index (χ0n) is 14.8. The van der Waals surface area contributed by atoms with Crippen molar-refractivity contribution in [2.24, 2.45) is 0 Å². The zero-order valence-corrected chi connectivity index (χ0v) is 15.6. The lowest BCUT2D eigenvalue weighted by Gasteiger charge is -2.28. The van der Waals surface area contributed by atoms with Crippen molar-refractivity contribution in [3.63, 3.8) is 0 Å². The minimum atomic E-state index is -0.546. The van der Waals surface area contributed by atoms with Gasteiger partial charge in [-0.2, -0.15) is 11.8 Å². The summed E-state index contributed by atoms with van der Waals surface area (Å²) in [6, 6.07) is 6.49. The maximum absolute atomic E-state index is 12.5. The summed E-state index contributed by atoms with van der Waals surface area (Å²) < 4.78 is 10.9. The van der Waals surface area contributed by atoms with Gasteiger partial charge in [0.05, 0.1) is 18.2 Å². The van der Waals surface area contributed by atoms with Crippen LogP contribution in [0.1, 0.15) is 31.9 Å². The molecule has 0 unspecified atom stereocenters. The number of urea groups is 1. The Labute approximate surface area is 152 Å². The first-order valence-corrected chi connectivity index (χ1v) is 9.63. The monoisotopic (exact) mass is 364 g/mol. The maximum Gasteiger partial charge on any atom is 0.338 e. The second-order valence-corrected chi connectivity index (χ2v) is 6.60. The quantitative estimate of drug-likeness (QED) is 0.548. The zero-order chi connectivity index (χ0) is 18.2. The van der Waals surface area contributed by atoms with Gasteiger partial charge < -0.3 is 20.1 Å². The highest BCUT2D eigenvalue weighted by Gasteiger charge is 2.32. The molecule has 0 spiro atoms. The van der Waals surface area contributed by atoms with Gasteiger partial charge in [0.2, 0.25) is 0 Å². The first-order valence-electron chi connectivity index (χ1n) is 8.24. The lowest BCUT2D eigenvalue weighted by molar-refractivity contribution is -0.138. The second-order valence-electron chi connectivity index (χ2n) is 5.62. The molecule has 136 valence electrons. The highest BCUT2D eigenvalue weighted by Crippen LogP contribution is 2.28. The van der Waals surface area contributed by atoms with Gasteiger partial charge in [0.1, 0.15) is 12.4 Å². The lowest BCUT2D eigenvalue weighted by Crippen LogP contribution is -2.45. The first kappa shape index (κ1) is 19.2. The normalized spacial score (nSPS) is 16.9. The molecule has 1 atom stereocenters. The number of ether oxygens (including phenoxy) is 2. The van der Waals surface area contributed by atoms with Crippen LogP contribution in [0.15, 0.2) is 35.5 Å². The fourth-order valence-corrected chi connectivity index (χ4v) is 2.74. The van der Waals surface area contributed by atoms with E-state index in [0.29, 0.717) is 24.5 Å². The Morgan fingerprint density at radius 1 is 1.24 bits per heavy atom. The van der Waals surface area contributed by atoms with Crippen LogP contribution >= 0.6 is 11.8 Å². The number of hydrogen-bond donors (Lipinski definition) is 2. The van der Waals surface area contributed by atoms with Crippen LogP contribution in [0.2, 0.25) is 0 Å². The Morgan fingerprint density at radius 3 is 2.60 bits per heavy atom. The number of amides is 2. The number of rotatable bonds is 8. The molecule has 1 aromatic carbocycles. The number of carbonyl (C=O) groups is 2. The highest BCUT2D eigenvalue weighted by molar-refractivity contribution is 7.98. The van der Waals surface area contributed by atoms with Crippen LogP contribution in [0.4, 0.5) is 4.79 Å². The topological polar surface area (TPSA) is 76.7 Å². The second kappa shape index (κ2) is 9.36. The molecule has 0 saturated heterocycles. The fraction of sp³-hybridized carbons (Fsp3) is 0.444. The fourth-order valence-electron chi connectivity index (χ4n) is 2.49. The van der Waals surface area contributed by atoms with Crippen molar-refractivity contribution >= 4 is 23.8 Å². The molecule has 0 radical (unpaired) electrons. The van der Waals surface area contributed by atoms with E-state index >= 15 is 0 Å². The molecule has 1 aliphatic heterocycles. The van der Waals surface area contributed by atoms with Gasteiger partial charge in [0.15, 0.2) is 0 Å². The summed E-state index contributed by atoms with van der Waals surface area (Å²) in [4.78, 5) is 24.3. The standard InChI is InChI=1S/C18H24N2O4S/c1-4-9-23-14-7-5-13(6-8-14)16-15(12(2)19-18(22)20-16)17(21)24-10-11-25-3/h5-8,16H,4,9-11H2,1-3H3,(H2,19,20,22)/t16-/m1/s1. The van der Waals surface area contributed by atoms with Crippen molar-refractivity contribution in [2.45, 2.75) is 26.3 Å². The average molecular weight is 364 g/mol. The molecule has 0 fully saturated rings. The Hall–Kier alpha value is -2.15. The van der Waals surface area contributed by atoms with Gasteiger partial charge in [-0.1, -0.05) is 19.1 Å². The van der Waals surface area contributed by atoms with Crippen molar-refractivity contribution in [2.75, 3.05) is 25.2 Å². The van der Waals surface area contributed by atoms with E-state index in [9.17, 15) is 9.59 Å². The maximum atomic E-state index is 12.5. The third-order valence-electron chi connectivity index (χ3n) is 3.70. The molecule has 6 nitrogen and oxygen atoms in total. The van der Waals surface area contributed by atoms with Crippen LogP contribution in [0, 0.1) is 0 Å². The molecule has 0 bridgehead atoms. The number of hydrogen-bond acceptors (Lipinski definition) is 5. The smallest absolute Gasteiger partial charge is 0.338 e. The van der Waals surface area contributed by atoms with Gasteiger partial charge in [-0.3, -0.25) is 0 Å². The summed E-state index contributed by atoms with van der Waals surface area (Å²) >= 11 is 1.60. The molecular formula is C18H24N2O4S. The van der Waals surface area contributed by atoms with E-state index in [4.69, 9.17) is 9.47 Å². The van der Waals surface area contributed by atoms with Gasteiger partial charge in [-0.05, 0) is 37.3 Å². The molecule has 1 aromatic rings. The van der Waals surface area contributed by atoms with E-state index in [1.165, 1.54) is 0 Å². The minimum absolute atomic E-state index is 0.335. The summed E-state index contributed by atoms with van der Waals surface area (Å²) in [5.74, 6) is 1.07. The number of esters is 1. The van der Waals surface area contributed by atoms with Crippen molar-refractivity contribution in [1.82, 2.24) is 10.6 Å². The number of benzene rings is 1. The van der Waals surface area contributed by atoms with Crippen LogP contribution in [-0.2, 0) is 9.53 Å². The third-order valence-corrected chi connectivity index (χ3v) is 4.27. The van der Waals surface area contributed by atoms with Crippen LogP contribution in [0.25, 0.3) is 0 Å². The van der Waals surface area contributed by atoms with E-state index in [0.717, 1.165) is 23.5 Å². The van der Waals surface area contributed by atoms with Crippen molar-refractivity contribution < 1.29 is 19.1 Å². The molecule has 7 heteroatoms. The van der Waals surface area contributed by atoms with Gasteiger partial charge in [-0.15, -0.1) is 0 Å². The third kappa shape index (κ3) is 5.16. The lowest BCUT2D eigenvalue weighted by atomic mass is 9.95. The molecule has 0 aromatic heterocycles. The summed E-state index contributed by atoms with van der Waals surface area (Å²) in [7, 11) is 0.